The number of rotatable bonds is 10. The second-order valence-corrected chi connectivity index (χ2v) is 6.27. The van der Waals surface area contributed by atoms with Crippen molar-refractivity contribution in [3.05, 3.63) is 0 Å². The van der Waals surface area contributed by atoms with Crippen molar-refractivity contribution in [1.29, 1.82) is 0 Å². The lowest BCUT2D eigenvalue weighted by Gasteiger charge is -2.29. The van der Waals surface area contributed by atoms with Crippen LogP contribution in [0.15, 0.2) is 0 Å². The van der Waals surface area contributed by atoms with E-state index in [9.17, 15) is 19.8 Å². The first-order chi connectivity index (χ1) is 10.4. The second-order valence-electron chi connectivity index (χ2n) is 6.27. The first-order valence-corrected chi connectivity index (χ1v) is 7.95. The van der Waals surface area contributed by atoms with E-state index >= 15 is 0 Å². The summed E-state index contributed by atoms with van der Waals surface area (Å²) < 4.78 is 10.6. The van der Waals surface area contributed by atoms with Gasteiger partial charge in [0.15, 0.2) is 12.6 Å². The van der Waals surface area contributed by atoms with Gasteiger partial charge in [0, 0.05) is 0 Å². The molecule has 0 heterocycles. The Morgan fingerprint density at radius 3 is 1.45 bits per heavy atom. The quantitative estimate of drug-likeness (QED) is 0.592. The lowest BCUT2D eigenvalue weighted by Crippen LogP contribution is -2.26. The normalized spacial score (nSPS) is 24.7. The molecule has 1 aliphatic rings. The van der Waals surface area contributed by atoms with E-state index in [2.05, 4.69) is 0 Å². The molecule has 22 heavy (non-hydrogen) atoms. The maximum Gasteiger partial charge on any atom is 0.161 e. The van der Waals surface area contributed by atoms with E-state index in [1.807, 2.05) is 0 Å². The number of aliphatic hydroxyl groups excluding tert-OH is 2. The molecule has 0 bridgehead atoms. The van der Waals surface area contributed by atoms with Crippen molar-refractivity contribution in [1.82, 2.24) is 0 Å². The number of ether oxygens (including phenoxy) is 2. The predicted octanol–water partition coefficient (Wildman–Crippen LogP) is 1.42. The molecule has 0 spiro atoms. The van der Waals surface area contributed by atoms with Crippen molar-refractivity contribution < 1.29 is 29.3 Å². The summed E-state index contributed by atoms with van der Waals surface area (Å²) in [7, 11) is 0. The van der Waals surface area contributed by atoms with Crippen LogP contribution < -0.4 is 0 Å². The van der Waals surface area contributed by atoms with Crippen LogP contribution in [0.25, 0.3) is 0 Å². The van der Waals surface area contributed by atoms with Crippen LogP contribution in [-0.2, 0) is 19.1 Å². The van der Waals surface area contributed by atoms with Crippen LogP contribution in [0.3, 0.4) is 0 Å². The van der Waals surface area contributed by atoms with Crippen LogP contribution in [0.5, 0.6) is 0 Å². The van der Waals surface area contributed by atoms with Crippen LogP contribution in [0, 0.1) is 11.8 Å². The van der Waals surface area contributed by atoms with Gasteiger partial charge in [-0.05, 0) is 51.4 Å². The van der Waals surface area contributed by atoms with E-state index in [0.29, 0.717) is 25.0 Å². The van der Waals surface area contributed by atoms with Crippen LogP contribution in [0.1, 0.15) is 52.4 Å². The number of carbonyl (C=O) groups excluding carboxylic acids is 2. The highest BCUT2D eigenvalue weighted by Crippen LogP contribution is 2.29. The summed E-state index contributed by atoms with van der Waals surface area (Å²) in [4.78, 5) is 21.7. The van der Waals surface area contributed by atoms with E-state index in [1.54, 1.807) is 0 Å². The summed E-state index contributed by atoms with van der Waals surface area (Å²) in [6, 6.07) is 0. The van der Waals surface area contributed by atoms with Crippen molar-refractivity contribution in [2.75, 3.05) is 13.2 Å². The summed E-state index contributed by atoms with van der Waals surface area (Å²) >= 11 is 0. The first-order valence-electron chi connectivity index (χ1n) is 7.95. The topological polar surface area (TPSA) is 93.1 Å². The fourth-order valence-corrected chi connectivity index (χ4v) is 2.67. The number of hydrogen-bond donors (Lipinski definition) is 2. The third-order valence-electron chi connectivity index (χ3n) is 3.94. The second kappa shape index (κ2) is 10.0. The molecular formula is C16H28O6. The monoisotopic (exact) mass is 316 g/mol. The van der Waals surface area contributed by atoms with Gasteiger partial charge in [0.1, 0.15) is 11.6 Å². The molecule has 2 atom stereocenters. The Kier molecular flexibility index (Phi) is 8.78. The lowest BCUT2D eigenvalue weighted by molar-refractivity contribution is -0.143. The summed E-state index contributed by atoms with van der Waals surface area (Å²) in [5.74, 6) is 0.606. The van der Waals surface area contributed by atoms with E-state index in [1.165, 1.54) is 13.8 Å². The van der Waals surface area contributed by atoms with Gasteiger partial charge in [-0.3, -0.25) is 9.59 Å². The molecule has 0 radical (unpaired) electrons. The van der Waals surface area contributed by atoms with Crippen molar-refractivity contribution in [3.63, 3.8) is 0 Å². The van der Waals surface area contributed by atoms with Crippen molar-refractivity contribution in [3.8, 4) is 0 Å². The molecule has 0 aromatic carbocycles. The minimum Gasteiger partial charge on any atom is -0.368 e. The Bertz CT molecular complexity index is 315. The van der Waals surface area contributed by atoms with E-state index in [4.69, 9.17) is 9.47 Å². The molecule has 0 aliphatic heterocycles. The maximum atomic E-state index is 10.8. The summed E-state index contributed by atoms with van der Waals surface area (Å²) in [6.45, 7) is 3.79. The van der Waals surface area contributed by atoms with Gasteiger partial charge in [-0.1, -0.05) is 0 Å². The highest BCUT2D eigenvalue weighted by atomic mass is 16.6. The smallest absolute Gasteiger partial charge is 0.161 e. The van der Waals surface area contributed by atoms with Gasteiger partial charge in [-0.25, -0.2) is 0 Å². The van der Waals surface area contributed by atoms with E-state index in [-0.39, 0.29) is 24.4 Å². The Hall–Kier alpha value is -0.820. The Morgan fingerprint density at radius 1 is 0.864 bits per heavy atom. The standard InChI is InChI=1S/C16H28O6/c1-11(17)7-15(19)21-9-13-3-5-14(6-4-13)10-22-16(20)8-12(2)18/h13-16,19-20H,3-10H2,1-2H3. The Labute approximate surface area is 131 Å². The minimum atomic E-state index is -1.000. The molecule has 0 aromatic rings. The highest BCUT2D eigenvalue weighted by molar-refractivity contribution is 5.76. The fraction of sp³-hybridized carbons (Fsp3) is 0.875. The van der Waals surface area contributed by atoms with Gasteiger partial charge in [-0.15, -0.1) is 0 Å². The Balaban J connectivity index is 2.13. The number of aliphatic hydroxyl groups is 2. The van der Waals surface area contributed by atoms with Crippen molar-refractivity contribution in [2.45, 2.75) is 65.0 Å². The van der Waals surface area contributed by atoms with Gasteiger partial charge in [-0.2, -0.15) is 0 Å². The molecule has 1 aliphatic carbocycles. The molecule has 0 aromatic heterocycles. The molecule has 1 fully saturated rings. The maximum absolute atomic E-state index is 10.8. The molecule has 0 amide bonds. The lowest BCUT2D eigenvalue weighted by atomic mass is 9.83. The first kappa shape index (κ1) is 19.2. The molecule has 6 nitrogen and oxygen atoms in total. The van der Waals surface area contributed by atoms with E-state index < -0.39 is 12.6 Å². The number of ketones is 2. The SMILES string of the molecule is CC(=O)CC(O)OCC1CCC(COC(O)CC(C)=O)CC1. The van der Waals surface area contributed by atoms with Gasteiger partial charge in [0.25, 0.3) is 0 Å². The summed E-state index contributed by atoms with van der Waals surface area (Å²) in [6.07, 6.45) is 1.98. The molecule has 0 saturated heterocycles. The summed E-state index contributed by atoms with van der Waals surface area (Å²) in [5.41, 5.74) is 0. The van der Waals surface area contributed by atoms with Gasteiger partial charge in [0.2, 0.25) is 0 Å². The highest BCUT2D eigenvalue weighted by Gasteiger charge is 2.23. The summed E-state index contributed by atoms with van der Waals surface area (Å²) in [5, 5.41) is 19.0. The zero-order valence-electron chi connectivity index (χ0n) is 13.5. The average molecular weight is 316 g/mol. The van der Waals surface area contributed by atoms with Crippen molar-refractivity contribution >= 4 is 11.6 Å². The van der Waals surface area contributed by atoms with Crippen LogP contribution in [0.2, 0.25) is 0 Å². The predicted molar refractivity (Wildman–Crippen MR) is 80.0 cm³/mol. The minimum absolute atomic E-state index is 0.0389. The van der Waals surface area contributed by atoms with Crippen molar-refractivity contribution in [2.24, 2.45) is 11.8 Å². The average Bonchev–Trinajstić information content (AvgIpc) is 2.42. The third kappa shape index (κ3) is 8.58. The van der Waals surface area contributed by atoms with Crippen LogP contribution in [0.4, 0.5) is 0 Å². The molecule has 1 rings (SSSR count). The van der Waals surface area contributed by atoms with Gasteiger partial charge >= 0.3 is 0 Å². The molecule has 2 unspecified atom stereocenters. The third-order valence-corrected chi connectivity index (χ3v) is 3.94. The van der Waals surface area contributed by atoms with Crippen LogP contribution in [-0.4, -0.2) is 47.6 Å². The zero-order chi connectivity index (χ0) is 16.5. The molecular weight excluding hydrogens is 288 g/mol. The van der Waals surface area contributed by atoms with Crippen LogP contribution >= 0.6 is 0 Å². The largest absolute Gasteiger partial charge is 0.368 e. The number of hydrogen-bond acceptors (Lipinski definition) is 6. The van der Waals surface area contributed by atoms with Gasteiger partial charge in [0.05, 0.1) is 26.1 Å². The number of carbonyl (C=O) groups is 2. The molecule has 1 saturated carbocycles. The van der Waals surface area contributed by atoms with E-state index in [0.717, 1.165) is 25.7 Å². The molecule has 6 heteroatoms. The zero-order valence-corrected chi connectivity index (χ0v) is 13.5. The fourth-order valence-electron chi connectivity index (χ4n) is 2.67. The Morgan fingerprint density at radius 2 is 1.18 bits per heavy atom. The number of Topliss-reactive ketones (excluding diaryl/α,β-unsaturated/α-hetero) is 2. The van der Waals surface area contributed by atoms with Gasteiger partial charge < -0.3 is 19.7 Å². The molecule has 128 valence electrons. The molecule has 2 N–H and O–H groups in total.